The van der Waals surface area contributed by atoms with E-state index in [1.54, 1.807) is 30.5 Å². The monoisotopic (exact) mass is 294 g/mol. The molecule has 110 valence electrons. The number of rotatable bonds is 3. The second-order valence-corrected chi connectivity index (χ2v) is 4.75. The van der Waals surface area contributed by atoms with Gasteiger partial charge in [-0.05, 0) is 29.8 Å². The Bertz CT molecular complexity index is 803. The number of anilines is 1. The number of benzene rings is 2. The molecule has 0 spiro atoms. The Morgan fingerprint density at radius 3 is 2.77 bits per heavy atom. The second kappa shape index (κ2) is 6.13. The molecule has 0 saturated carbocycles. The van der Waals surface area contributed by atoms with Crippen molar-refractivity contribution in [1.29, 1.82) is 0 Å². The third-order valence-corrected chi connectivity index (χ3v) is 3.17. The predicted molar refractivity (Wildman–Crippen MR) is 83.7 cm³/mol. The molecule has 0 atom stereocenters. The van der Waals surface area contributed by atoms with E-state index >= 15 is 0 Å². The van der Waals surface area contributed by atoms with Crippen LogP contribution in [-0.2, 0) is 11.3 Å². The zero-order valence-corrected chi connectivity index (χ0v) is 11.7. The number of aromatic hydroxyl groups is 1. The number of carbonyl (C=O) groups excluding carboxylic acids is 1. The number of hydrogen-bond acceptors (Lipinski definition) is 4. The quantitative estimate of drug-likeness (QED) is 0.772. The number of nitrogens with one attached hydrogen (secondary N) is 1. The first-order chi connectivity index (χ1) is 10.7. The van der Waals surface area contributed by atoms with Crippen LogP contribution in [0.3, 0.4) is 0 Å². The van der Waals surface area contributed by atoms with Crippen LogP contribution in [0.15, 0.2) is 60.8 Å². The van der Waals surface area contributed by atoms with Crippen molar-refractivity contribution in [3.8, 4) is 5.75 Å². The molecule has 0 bridgehead atoms. The van der Waals surface area contributed by atoms with Gasteiger partial charge in [-0.2, -0.15) is 0 Å². The molecular formula is C17H14N2O3. The maximum absolute atomic E-state index is 11.9. The summed E-state index contributed by atoms with van der Waals surface area (Å²) in [5.74, 6) is 0.112. The van der Waals surface area contributed by atoms with Crippen LogP contribution in [0.2, 0.25) is 0 Å². The Kier molecular flexibility index (Phi) is 3.87. The number of phenols is 1. The average Bonchev–Trinajstić information content (AvgIpc) is 2.54. The summed E-state index contributed by atoms with van der Waals surface area (Å²) < 4.78 is 5.18. The number of fused-ring (bicyclic) bond motifs is 1. The number of nitrogens with zero attached hydrogens (tertiary/aromatic N) is 1. The SMILES string of the molecule is O=C(Nc1ccnc2ccc(O)cc12)OCc1ccccc1. The number of pyridine rings is 1. The summed E-state index contributed by atoms with van der Waals surface area (Å²) in [6, 6.07) is 15.9. The van der Waals surface area contributed by atoms with Crippen LogP contribution in [0.1, 0.15) is 5.56 Å². The molecule has 22 heavy (non-hydrogen) atoms. The van der Waals surface area contributed by atoms with Gasteiger partial charge in [0.2, 0.25) is 0 Å². The van der Waals surface area contributed by atoms with E-state index in [0.717, 1.165) is 5.56 Å². The minimum atomic E-state index is -0.556. The molecule has 0 aliphatic carbocycles. The van der Waals surface area contributed by atoms with Gasteiger partial charge in [0.05, 0.1) is 11.2 Å². The molecule has 3 aromatic rings. The van der Waals surface area contributed by atoms with Crippen LogP contribution >= 0.6 is 0 Å². The van der Waals surface area contributed by atoms with Crippen LogP contribution in [0.4, 0.5) is 10.5 Å². The van der Waals surface area contributed by atoms with Crippen molar-refractivity contribution in [2.45, 2.75) is 6.61 Å². The predicted octanol–water partition coefficient (Wildman–Crippen LogP) is 3.69. The molecule has 0 saturated heterocycles. The third-order valence-electron chi connectivity index (χ3n) is 3.17. The van der Waals surface area contributed by atoms with E-state index in [4.69, 9.17) is 4.74 Å². The highest BCUT2D eigenvalue weighted by Crippen LogP contribution is 2.25. The minimum Gasteiger partial charge on any atom is -0.508 e. The first-order valence-corrected chi connectivity index (χ1v) is 6.78. The Labute approximate surface area is 127 Å². The number of ether oxygens (including phenoxy) is 1. The number of hydrogen-bond donors (Lipinski definition) is 2. The van der Waals surface area contributed by atoms with E-state index in [9.17, 15) is 9.90 Å². The molecule has 1 heterocycles. The first-order valence-electron chi connectivity index (χ1n) is 6.78. The topological polar surface area (TPSA) is 71.5 Å². The van der Waals surface area contributed by atoms with Gasteiger partial charge in [0.1, 0.15) is 12.4 Å². The molecule has 1 aromatic heterocycles. The van der Waals surface area contributed by atoms with E-state index in [2.05, 4.69) is 10.3 Å². The molecule has 0 aliphatic heterocycles. The molecule has 3 rings (SSSR count). The lowest BCUT2D eigenvalue weighted by molar-refractivity contribution is 0.155. The van der Waals surface area contributed by atoms with E-state index in [-0.39, 0.29) is 12.4 Å². The maximum atomic E-state index is 11.9. The van der Waals surface area contributed by atoms with Crippen LogP contribution in [0, 0.1) is 0 Å². The second-order valence-electron chi connectivity index (χ2n) is 4.75. The van der Waals surface area contributed by atoms with E-state index in [0.29, 0.717) is 16.6 Å². The third kappa shape index (κ3) is 3.15. The summed E-state index contributed by atoms with van der Waals surface area (Å²) in [6.45, 7) is 0.195. The van der Waals surface area contributed by atoms with Crippen LogP contribution in [0.25, 0.3) is 10.9 Å². The van der Waals surface area contributed by atoms with Crippen molar-refractivity contribution in [2.24, 2.45) is 0 Å². The summed E-state index contributed by atoms with van der Waals surface area (Å²) in [7, 11) is 0. The number of amides is 1. The van der Waals surface area contributed by atoms with Crippen molar-refractivity contribution < 1.29 is 14.6 Å². The zero-order chi connectivity index (χ0) is 15.4. The highest BCUT2D eigenvalue weighted by atomic mass is 16.5. The highest BCUT2D eigenvalue weighted by Gasteiger charge is 2.08. The fourth-order valence-electron chi connectivity index (χ4n) is 2.11. The average molecular weight is 294 g/mol. The molecule has 0 fully saturated rings. The molecule has 2 N–H and O–H groups in total. The Hall–Kier alpha value is -3.08. The number of phenolic OH excluding ortho intramolecular Hbond substituents is 1. The van der Waals surface area contributed by atoms with E-state index in [1.807, 2.05) is 30.3 Å². The largest absolute Gasteiger partial charge is 0.508 e. The molecule has 0 aliphatic rings. The Balaban J connectivity index is 1.73. The van der Waals surface area contributed by atoms with Gasteiger partial charge in [0.25, 0.3) is 0 Å². The van der Waals surface area contributed by atoms with E-state index in [1.165, 1.54) is 0 Å². The summed E-state index contributed by atoms with van der Waals surface area (Å²) in [4.78, 5) is 16.1. The van der Waals surface area contributed by atoms with Gasteiger partial charge in [-0.3, -0.25) is 10.3 Å². The van der Waals surface area contributed by atoms with Crippen LogP contribution in [0.5, 0.6) is 5.75 Å². The first kappa shape index (κ1) is 13.9. The molecule has 0 unspecified atom stereocenters. The molecule has 1 amide bonds. The van der Waals surface area contributed by atoms with Crippen LogP contribution < -0.4 is 5.32 Å². The van der Waals surface area contributed by atoms with Crippen molar-refractivity contribution in [3.05, 3.63) is 66.4 Å². The minimum absolute atomic E-state index is 0.112. The summed E-state index contributed by atoms with van der Waals surface area (Å²) in [5, 5.41) is 12.9. The summed E-state index contributed by atoms with van der Waals surface area (Å²) in [5.41, 5.74) is 2.13. The van der Waals surface area contributed by atoms with Crippen molar-refractivity contribution in [3.63, 3.8) is 0 Å². The van der Waals surface area contributed by atoms with Gasteiger partial charge in [0, 0.05) is 11.6 Å². The highest BCUT2D eigenvalue weighted by molar-refractivity contribution is 5.98. The molecular weight excluding hydrogens is 280 g/mol. The molecule has 2 aromatic carbocycles. The smallest absolute Gasteiger partial charge is 0.411 e. The van der Waals surface area contributed by atoms with Gasteiger partial charge < -0.3 is 9.84 Å². The standard InChI is InChI=1S/C17H14N2O3/c20-13-6-7-15-14(10-13)16(8-9-18-15)19-17(21)22-11-12-4-2-1-3-5-12/h1-10,20H,11H2,(H,18,19,21). The van der Waals surface area contributed by atoms with E-state index < -0.39 is 6.09 Å². The summed E-state index contributed by atoms with van der Waals surface area (Å²) in [6.07, 6.45) is 1.03. The number of carbonyl (C=O) groups is 1. The maximum Gasteiger partial charge on any atom is 0.411 e. The molecule has 0 radical (unpaired) electrons. The number of aromatic nitrogens is 1. The molecule has 5 heteroatoms. The Morgan fingerprint density at radius 1 is 1.14 bits per heavy atom. The summed E-state index contributed by atoms with van der Waals surface area (Å²) >= 11 is 0. The fraction of sp³-hybridized carbons (Fsp3) is 0.0588. The fourth-order valence-corrected chi connectivity index (χ4v) is 2.11. The lowest BCUT2D eigenvalue weighted by Crippen LogP contribution is -2.13. The lowest BCUT2D eigenvalue weighted by atomic mass is 10.2. The lowest BCUT2D eigenvalue weighted by Gasteiger charge is -2.09. The van der Waals surface area contributed by atoms with Gasteiger partial charge in [0.15, 0.2) is 0 Å². The molecule has 5 nitrogen and oxygen atoms in total. The van der Waals surface area contributed by atoms with Gasteiger partial charge in [-0.1, -0.05) is 30.3 Å². The Morgan fingerprint density at radius 2 is 1.95 bits per heavy atom. The van der Waals surface area contributed by atoms with Gasteiger partial charge in [-0.25, -0.2) is 4.79 Å². The zero-order valence-electron chi connectivity index (χ0n) is 11.7. The van der Waals surface area contributed by atoms with Gasteiger partial charge >= 0.3 is 6.09 Å². The van der Waals surface area contributed by atoms with Crippen molar-refractivity contribution in [1.82, 2.24) is 4.98 Å². The van der Waals surface area contributed by atoms with Crippen molar-refractivity contribution >= 4 is 22.7 Å². The van der Waals surface area contributed by atoms with Gasteiger partial charge in [-0.15, -0.1) is 0 Å². The normalized spacial score (nSPS) is 10.4. The van der Waals surface area contributed by atoms with Crippen LogP contribution in [-0.4, -0.2) is 16.2 Å². The van der Waals surface area contributed by atoms with Crippen molar-refractivity contribution in [2.75, 3.05) is 5.32 Å².